The monoisotopic (exact) mass is 410 g/mol. The molecule has 2 aromatic carbocycles. The van der Waals surface area contributed by atoms with E-state index in [4.69, 9.17) is 4.74 Å². The van der Waals surface area contributed by atoms with Crippen LogP contribution in [0.5, 0.6) is 5.75 Å². The highest BCUT2D eigenvalue weighted by Crippen LogP contribution is 2.37. The topological polar surface area (TPSA) is 88.6 Å². The molecule has 5 rings (SSSR count). The summed E-state index contributed by atoms with van der Waals surface area (Å²) in [5.74, 6) is 1.42. The first-order valence-electron chi connectivity index (χ1n) is 10.3. The van der Waals surface area contributed by atoms with Crippen molar-refractivity contribution in [1.29, 1.82) is 5.26 Å². The van der Waals surface area contributed by atoms with E-state index in [0.717, 1.165) is 39.2 Å². The molecule has 0 bridgehead atoms. The van der Waals surface area contributed by atoms with Gasteiger partial charge < -0.3 is 10.1 Å². The second-order valence-corrected chi connectivity index (χ2v) is 7.87. The maximum atomic E-state index is 9.55. The van der Waals surface area contributed by atoms with Gasteiger partial charge in [0.1, 0.15) is 11.8 Å². The second kappa shape index (κ2) is 7.73. The fourth-order valence-electron chi connectivity index (χ4n) is 3.93. The lowest BCUT2D eigenvalue weighted by Crippen LogP contribution is -2.19. The van der Waals surface area contributed by atoms with Crippen LogP contribution in [-0.2, 0) is 0 Å². The zero-order valence-electron chi connectivity index (χ0n) is 17.4. The third-order valence-corrected chi connectivity index (χ3v) is 5.83. The van der Waals surface area contributed by atoms with Crippen LogP contribution in [0.4, 0.5) is 5.69 Å². The van der Waals surface area contributed by atoms with Crippen molar-refractivity contribution in [2.75, 3.05) is 12.4 Å². The summed E-state index contributed by atoms with van der Waals surface area (Å²) in [7, 11) is 1.66. The first kappa shape index (κ1) is 19.1. The molecule has 1 unspecified atom stereocenters. The molecule has 0 radical (unpaired) electrons. The lowest BCUT2D eigenvalue weighted by molar-refractivity contribution is 0.416. The maximum Gasteiger partial charge on any atom is 0.186 e. The van der Waals surface area contributed by atoms with Crippen molar-refractivity contribution in [2.45, 2.75) is 25.8 Å². The van der Waals surface area contributed by atoms with Crippen LogP contribution in [0.1, 0.15) is 25.5 Å². The number of rotatable bonds is 6. The van der Waals surface area contributed by atoms with Gasteiger partial charge in [-0.1, -0.05) is 6.07 Å². The average molecular weight is 410 g/mol. The van der Waals surface area contributed by atoms with Gasteiger partial charge in [0, 0.05) is 29.4 Å². The van der Waals surface area contributed by atoms with Crippen molar-refractivity contribution in [3.05, 3.63) is 60.6 Å². The zero-order valence-corrected chi connectivity index (χ0v) is 17.4. The number of hydrogen-bond donors (Lipinski definition) is 1. The van der Waals surface area contributed by atoms with Crippen molar-refractivity contribution < 1.29 is 4.74 Å². The SMILES string of the molecule is COc1ccc(-n2cccn2)cc1-c1ccc2c(NC(C)C3CC3)c(C#N)nnc2c1. The number of fused-ring (bicyclic) bond motifs is 1. The number of nitrogens with zero attached hydrogens (tertiary/aromatic N) is 5. The van der Waals surface area contributed by atoms with Crippen LogP contribution in [0, 0.1) is 17.2 Å². The quantitative estimate of drug-likeness (QED) is 0.501. The predicted octanol–water partition coefficient (Wildman–Crippen LogP) is 4.57. The number of benzene rings is 2. The van der Waals surface area contributed by atoms with Crippen LogP contribution < -0.4 is 10.1 Å². The molecule has 0 aliphatic heterocycles. The van der Waals surface area contributed by atoms with E-state index >= 15 is 0 Å². The number of hydrogen-bond acceptors (Lipinski definition) is 6. The molecule has 31 heavy (non-hydrogen) atoms. The van der Waals surface area contributed by atoms with Gasteiger partial charge in [-0.05, 0) is 67.6 Å². The molecule has 7 heteroatoms. The molecule has 1 N–H and O–H groups in total. The molecule has 0 saturated heterocycles. The Morgan fingerprint density at radius 2 is 2.06 bits per heavy atom. The molecule has 1 aliphatic carbocycles. The molecule has 1 saturated carbocycles. The molecule has 0 spiro atoms. The first-order chi connectivity index (χ1) is 15.2. The van der Waals surface area contributed by atoms with Crippen molar-refractivity contribution in [3.8, 4) is 28.6 Å². The third kappa shape index (κ3) is 3.57. The molecule has 7 nitrogen and oxygen atoms in total. The van der Waals surface area contributed by atoms with Gasteiger partial charge >= 0.3 is 0 Å². The van der Waals surface area contributed by atoms with Crippen molar-refractivity contribution in [1.82, 2.24) is 20.0 Å². The molecule has 154 valence electrons. The highest BCUT2D eigenvalue weighted by atomic mass is 16.5. The van der Waals surface area contributed by atoms with Gasteiger partial charge in [0.2, 0.25) is 0 Å². The molecule has 1 atom stereocenters. The van der Waals surface area contributed by atoms with Crippen LogP contribution in [0.25, 0.3) is 27.7 Å². The highest BCUT2D eigenvalue weighted by molar-refractivity contribution is 5.95. The summed E-state index contributed by atoms with van der Waals surface area (Å²) in [5, 5.41) is 26.8. The standard InChI is InChI=1S/C24H22N6O/c1-15(16-4-5-16)27-24-19-8-6-17(12-21(19)28-29-22(24)14-25)20-13-18(7-9-23(20)31-2)30-11-3-10-26-30/h3,6-13,15-16H,4-5H2,1-2H3,(H,27,28). The smallest absolute Gasteiger partial charge is 0.186 e. The Balaban J connectivity index is 1.60. The fourth-order valence-corrected chi connectivity index (χ4v) is 3.93. The molecular weight excluding hydrogens is 388 g/mol. The number of anilines is 1. The molecule has 0 amide bonds. The Labute approximate surface area is 180 Å². The van der Waals surface area contributed by atoms with E-state index in [1.165, 1.54) is 12.8 Å². The van der Waals surface area contributed by atoms with E-state index in [1.54, 1.807) is 13.3 Å². The van der Waals surface area contributed by atoms with Gasteiger partial charge in [-0.15, -0.1) is 10.2 Å². The summed E-state index contributed by atoms with van der Waals surface area (Å²) in [6, 6.07) is 16.3. The van der Waals surface area contributed by atoms with E-state index in [-0.39, 0.29) is 0 Å². The van der Waals surface area contributed by atoms with Crippen molar-refractivity contribution in [3.63, 3.8) is 0 Å². The molecule has 1 aliphatic rings. The third-order valence-electron chi connectivity index (χ3n) is 5.83. The van der Waals surface area contributed by atoms with Crippen LogP contribution in [-0.4, -0.2) is 33.1 Å². The van der Waals surface area contributed by atoms with Crippen LogP contribution in [0.3, 0.4) is 0 Å². The molecule has 1 fully saturated rings. The van der Waals surface area contributed by atoms with E-state index in [2.05, 4.69) is 33.6 Å². The number of ether oxygens (including phenoxy) is 1. The lowest BCUT2D eigenvalue weighted by atomic mass is 10.0. The van der Waals surface area contributed by atoms with Crippen molar-refractivity contribution >= 4 is 16.6 Å². The van der Waals surface area contributed by atoms with E-state index < -0.39 is 0 Å². The normalized spacial score (nSPS) is 14.2. The molecular formula is C24H22N6O. The highest BCUT2D eigenvalue weighted by Gasteiger charge is 2.29. The summed E-state index contributed by atoms with van der Waals surface area (Å²) in [5.41, 5.74) is 4.64. The Morgan fingerprint density at radius 3 is 2.77 bits per heavy atom. The summed E-state index contributed by atoms with van der Waals surface area (Å²) < 4.78 is 7.42. The van der Waals surface area contributed by atoms with E-state index in [1.807, 2.05) is 53.3 Å². The number of aromatic nitrogens is 4. The Bertz CT molecular complexity index is 1290. The lowest BCUT2D eigenvalue weighted by Gasteiger charge is -2.17. The Kier molecular flexibility index (Phi) is 4.75. The van der Waals surface area contributed by atoms with Gasteiger partial charge in [0.15, 0.2) is 5.69 Å². The van der Waals surface area contributed by atoms with Gasteiger partial charge in [0.25, 0.3) is 0 Å². The van der Waals surface area contributed by atoms with Gasteiger partial charge in [-0.25, -0.2) is 4.68 Å². The van der Waals surface area contributed by atoms with Crippen LogP contribution >= 0.6 is 0 Å². The minimum absolute atomic E-state index is 0.296. The van der Waals surface area contributed by atoms with Crippen LogP contribution in [0.2, 0.25) is 0 Å². The minimum atomic E-state index is 0.296. The zero-order chi connectivity index (χ0) is 21.4. The summed E-state index contributed by atoms with van der Waals surface area (Å²) >= 11 is 0. The summed E-state index contributed by atoms with van der Waals surface area (Å²) in [4.78, 5) is 0. The fraction of sp³-hybridized carbons (Fsp3) is 0.250. The number of nitriles is 1. The maximum absolute atomic E-state index is 9.55. The molecule has 4 aromatic rings. The van der Waals surface area contributed by atoms with E-state index in [0.29, 0.717) is 17.7 Å². The Morgan fingerprint density at radius 1 is 1.19 bits per heavy atom. The van der Waals surface area contributed by atoms with Gasteiger partial charge in [-0.3, -0.25) is 0 Å². The number of methoxy groups -OCH3 is 1. The van der Waals surface area contributed by atoms with E-state index in [9.17, 15) is 5.26 Å². The van der Waals surface area contributed by atoms with Crippen molar-refractivity contribution in [2.24, 2.45) is 5.92 Å². The number of nitrogens with one attached hydrogen (secondary N) is 1. The van der Waals surface area contributed by atoms with Gasteiger partial charge in [-0.2, -0.15) is 10.4 Å². The minimum Gasteiger partial charge on any atom is -0.496 e. The first-order valence-corrected chi connectivity index (χ1v) is 10.3. The average Bonchev–Trinajstić information content (AvgIpc) is 3.52. The van der Waals surface area contributed by atoms with Gasteiger partial charge in [0.05, 0.1) is 24.0 Å². The second-order valence-electron chi connectivity index (χ2n) is 7.87. The van der Waals surface area contributed by atoms with Crippen LogP contribution in [0.15, 0.2) is 54.9 Å². The molecule has 2 aromatic heterocycles. The predicted molar refractivity (Wildman–Crippen MR) is 119 cm³/mol. The molecule has 2 heterocycles. The summed E-state index contributed by atoms with van der Waals surface area (Å²) in [6.07, 6.45) is 6.10. The summed E-state index contributed by atoms with van der Waals surface area (Å²) in [6.45, 7) is 2.16. The largest absolute Gasteiger partial charge is 0.496 e. The Hall–Kier alpha value is -3.92.